The van der Waals surface area contributed by atoms with Crippen molar-refractivity contribution in [3.05, 3.63) is 61.2 Å². The lowest BCUT2D eigenvalue weighted by atomic mass is 10.1. The van der Waals surface area contributed by atoms with Gasteiger partial charge in [-0.3, -0.25) is 10.1 Å². The van der Waals surface area contributed by atoms with E-state index in [0.717, 1.165) is 5.56 Å². The van der Waals surface area contributed by atoms with Crippen molar-refractivity contribution in [3.63, 3.8) is 0 Å². The molecule has 2 rings (SSSR count). The van der Waals surface area contributed by atoms with E-state index in [2.05, 4.69) is 0 Å². The molecule has 0 saturated heterocycles. The quantitative estimate of drug-likeness (QED) is 0.477. The van der Waals surface area contributed by atoms with Crippen LogP contribution < -0.4 is 4.74 Å². The average molecular weight is 399 g/mol. The number of rotatable bonds is 4. The van der Waals surface area contributed by atoms with Gasteiger partial charge < -0.3 is 9.84 Å². The Morgan fingerprint density at radius 3 is 2.57 bits per heavy atom. The molecule has 0 atom stereocenters. The van der Waals surface area contributed by atoms with E-state index in [4.69, 9.17) is 9.84 Å². The Bertz CT molecular complexity index is 729. The Morgan fingerprint density at radius 1 is 1.24 bits per heavy atom. The Labute approximate surface area is 133 Å². The van der Waals surface area contributed by atoms with Crippen molar-refractivity contribution < 1.29 is 19.6 Å². The molecule has 0 amide bonds. The van der Waals surface area contributed by atoms with E-state index in [9.17, 15) is 14.9 Å². The highest BCUT2D eigenvalue weighted by Gasteiger charge is 2.19. The van der Waals surface area contributed by atoms with E-state index in [1.807, 2.05) is 22.6 Å². The van der Waals surface area contributed by atoms with Crippen molar-refractivity contribution in [2.24, 2.45) is 0 Å². The molecule has 0 unspecified atom stereocenters. The van der Waals surface area contributed by atoms with Crippen molar-refractivity contribution in [2.45, 2.75) is 6.92 Å². The molecule has 21 heavy (non-hydrogen) atoms. The normalized spacial score (nSPS) is 10.2. The molecule has 2 aromatic carbocycles. The molecular weight excluding hydrogens is 389 g/mol. The molecule has 0 fully saturated rings. The van der Waals surface area contributed by atoms with Crippen LogP contribution in [0.25, 0.3) is 0 Å². The number of carboxylic acid groups (broad SMARTS) is 1. The number of benzene rings is 2. The van der Waals surface area contributed by atoms with Gasteiger partial charge in [-0.05, 0) is 59.3 Å². The van der Waals surface area contributed by atoms with Crippen LogP contribution >= 0.6 is 22.6 Å². The van der Waals surface area contributed by atoms with Crippen LogP contribution in [-0.4, -0.2) is 16.0 Å². The summed E-state index contributed by atoms with van der Waals surface area (Å²) in [6, 6.07) is 9.05. The number of nitrogens with zero attached hydrogens (tertiary/aromatic N) is 1. The average Bonchev–Trinajstić information content (AvgIpc) is 2.40. The Morgan fingerprint density at radius 2 is 1.95 bits per heavy atom. The van der Waals surface area contributed by atoms with Crippen LogP contribution in [0.15, 0.2) is 36.4 Å². The summed E-state index contributed by atoms with van der Waals surface area (Å²) in [5, 5.41) is 20.2. The smallest absolute Gasteiger partial charge is 0.339 e. The number of hydrogen-bond acceptors (Lipinski definition) is 4. The number of hydrogen-bond donors (Lipinski definition) is 1. The first-order chi connectivity index (χ1) is 9.88. The molecule has 7 heteroatoms. The minimum atomic E-state index is -1.15. The van der Waals surface area contributed by atoms with Crippen molar-refractivity contribution in [1.29, 1.82) is 0 Å². The first kappa shape index (κ1) is 15.2. The van der Waals surface area contributed by atoms with E-state index in [1.165, 1.54) is 24.3 Å². The SMILES string of the molecule is Cc1ccc(C(=O)O)c(Oc2ccc(I)cc2[N+](=O)[O-])c1. The van der Waals surface area contributed by atoms with Gasteiger partial charge in [-0.25, -0.2) is 4.79 Å². The first-order valence-electron chi connectivity index (χ1n) is 5.84. The van der Waals surface area contributed by atoms with Crippen molar-refractivity contribution in [2.75, 3.05) is 0 Å². The molecule has 0 spiro atoms. The molecule has 2 aromatic rings. The van der Waals surface area contributed by atoms with Gasteiger partial charge >= 0.3 is 11.7 Å². The maximum absolute atomic E-state index is 11.2. The fourth-order valence-corrected chi connectivity index (χ4v) is 2.20. The van der Waals surface area contributed by atoms with Crippen LogP contribution in [0, 0.1) is 20.6 Å². The van der Waals surface area contributed by atoms with Gasteiger partial charge in [0.05, 0.1) is 4.92 Å². The highest BCUT2D eigenvalue weighted by atomic mass is 127. The number of nitro benzene ring substituents is 1. The van der Waals surface area contributed by atoms with Gasteiger partial charge in [0.25, 0.3) is 0 Å². The summed E-state index contributed by atoms with van der Waals surface area (Å²) in [7, 11) is 0. The molecule has 108 valence electrons. The van der Waals surface area contributed by atoms with Crippen LogP contribution in [0.4, 0.5) is 5.69 Å². The Balaban J connectivity index is 2.50. The van der Waals surface area contributed by atoms with Gasteiger partial charge in [-0.15, -0.1) is 0 Å². The largest absolute Gasteiger partial charge is 0.478 e. The summed E-state index contributed by atoms with van der Waals surface area (Å²) < 4.78 is 6.16. The van der Waals surface area contributed by atoms with E-state index in [-0.39, 0.29) is 22.7 Å². The topological polar surface area (TPSA) is 89.7 Å². The van der Waals surface area contributed by atoms with Crippen molar-refractivity contribution in [1.82, 2.24) is 0 Å². The summed E-state index contributed by atoms with van der Waals surface area (Å²) in [5.74, 6) is -1.07. The van der Waals surface area contributed by atoms with E-state index in [1.54, 1.807) is 19.1 Å². The van der Waals surface area contributed by atoms with Crippen molar-refractivity contribution in [3.8, 4) is 11.5 Å². The lowest BCUT2D eigenvalue weighted by molar-refractivity contribution is -0.385. The molecule has 0 aliphatic carbocycles. The summed E-state index contributed by atoms with van der Waals surface area (Å²) in [6.45, 7) is 1.78. The Kier molecular flexibility index (Phi) is 4.41. The maximum Gasteiger partial charge on any atom is 0.339 e. The number of aromatic carboxylic acids is 1. The van der Waals surface area contributed by atoms with E-state index >= 15 is 0 Å². The zero-order chi connectivity index (χ0) is 15.6. The second kappa shape index (κ2) is 6.08. The summed E-state index contributed by atoms with van der Waals surface area (Å²) >= 11 is 1.96. The van der Waals surface area contributed by atoms with E-state index < -0.39 is 10.9 Å². The molecule has 0 aliphatic heterocycles. The summed E-state index contributed by atoms with van der Waals surface area (Å²) in [6.07, 6.45) is 0. The molecule has 0 radical (unpaired) electrons. The van der Waals surface area contributed by atoms with Gasteiger partial charge in [0.2, 0.25) is 5.75 Å². The minimum absolute atomic E-state index is 0.00789. The predicted octanol–water partition coefficient (Wildman–Crippen LogP) is 4.00. The van der Waals surface area contributed by atoms with Gasteiger partial charge in [0.15, 0.2) is 0 Å². The van der Waals surface area contributed by atoms with Gasteiger partial charge in [0.1, 0.15) is 11.3 Å². The number of carbonyl (C=O) groups is 1. The molecule has 6 nitrogen and oxygen atoms in total. The van der Waals surface area contributed by atoms with Crippen LogP contribution in [-0.2, 0) is 0 Å². The summed E-state index contributed by atoms with van der Waals surface area (Å²) in [5.41, 5.74) is 0.538. The molecular formula is C14H10INO5. The molecule has 0 bridgehead atoms. The standard InChI is InChI=1S/C14H10INO5/c1-8-2-4-10(14(17)18)13(6-8)21-12-5-3-9(15)7-11(12)16(19)20/h2-7H,1H3,(H,17,18). The molecule has 0 saturated carbocycles. The van der Waals surface area contributed by atoms with Gasteiger partial charge in [-0.1, -0.05) is 6.07 Å². The van der Waals surface area contributed by atoms with Gasteiger partial charge in [-0.2, -0.15) is 0 Å². The number of nitro groups is 1. The van der Waals surface area contributed by atoms with Crippen LogP contribution in [0.5, 0.6) is 11.5 Å². The summed E-state index contributed by atoms with van der Waals surface area (Å²) in [4.78, 5) is 21.7. The molecule has 0 aromatic heterocycles. The van der Waals surface area contributed by atoms with Crippen LogP contribution in [0.2, 0.25) is 0 Å². The van der Waals surface area contributed by atoms with Crippen molar-refractivity contribution >= 4 is 34.2 Å². The lowest BCUT2D eigenvalue weighted by Gasteiger charge is -2.10. The lowest BCUT2D eigenvalue weighted by Crippen LogP contribution is -2.01. The fourth-order valence-electron chi connectivity index (χ4n) is 1.73. The zero-order valence-electron chi connectivity index (χ0n) is 10.9. The number of halogens is 1. The van der Waals surface area contributed by atoms with Gasteiger partial charge in [0, 0.05) is 9.64 Å². The number of aryl methyl sites for hydroxylation is 1. The molecule has 1 N–H and O–H groups in total. The Hall–Kier alpha value is -2.16. The maximum atomic E-state index is 11.2. The third kappa shape index (κ3) is 3.48. The highest BCUT2D eigenvalue weighted by molar-refractivity contribution is 14.1. The third-order valence-electron chi connectivity index (χ3n) is 2.71. The third-order valence-corrected chi connectivity index (χ3v) is 3.38. The first-order valence-corrected chi connectivity index (χ1v) is 6.92. The molecule has 0 aliphatic rings. The number of ether oxygens (including phenoxy) is 1. The zero-order valence-corrected chi connectivity index (χ0v) is 13.0. The van der Waals surface area contributed by atoms with Crippen LogP contribution in [0.3, 0.4) is 0 Å². The van der Waals surface area contributed by atoms with E-state index in [0.29, 0.717) is 3.57 Å². The second-order valence-electron chi connectivity index (χ2n) is 4.28. The second-order valence-corrected chi connectivity index (χ2v) is 5.52. The highest BCUT2D eigenvalue weighted by Crippen LogP contribution is 2.34. The molecule has 0 heterocycles. The minimum Gasteiger partial charge on any atom is -0.478 e. The fraction of sp³-hybridized carbons (Fsp3) is 0.0714. The van der Waals surface area contributed by atoms with Crippen LogP contribution in [0.1, 0.15) is 15.9 Å². The number of carboxylic acids is 1. The predicted molar refractivity (Wildman–Crippen MR) is 84.0 cm³/mol. The monoisotopic (exact) mass is 399 g/mol.